The van der Waals surface area contributed by atoms with Crippen LogP contribution in [0, 0.1) is 5.41 Å². The van der Waals surface area contributed by atoms with Crippen LogP contribution < -0.4 is 5.73 Å². The highest BCUT2D eigenvalue weighted by atomic mass is 19.4. The van der Waals surface area contributed by atoms with Crippen LogP contribution in [0.2, 0.25) is 0 Å². The molecule has 20 heavy (non-hydrogen) atoms. The molecule has 1 spiro atoms. The Morgan fingerprint density at radius 3 is 2.25 bits per heavy atom. The summed E-state index contributed by atoms with van der Waals surface area (Å²) in [6.07, 6.45) is 3.50. The first kappa shape index (κ1) is 13.9. The van der Waals surface area contributed by atoms with Gasteiger partial charge in [0.2, 0.25) is 0 Å². The van der Waals surface area contributed by atoms with Crippen LogP contribution in [0.15, 0.2) is 24.3 Å². The zero-order chi connectivity index (χ0) is 14.4. The van der Waals surface area contributed by atoms with Crippen molar-refractivity contribution >= 4 is 0 Å². The molecule has 2 fully saturated rings. The molecule has 2 N–H and O–H groups in total. The highest BCUT2D eigenvalue weighted by Crippen LogP contribution is 2.59. The van der Waals surface area contributed by atoms with Crippen LogP contribution in [0.4, 0.5) is 13.2 Å². The van der Waals surface area contributed by atoms with E-state index in [0.717, 1.165) is 18.9 Å². The Hall–Kier alpha value is -1.03. The van der Waals surface area contributed by atoms with Crippen LogP contribution in [-0.4, -0.2) is 0 Å². The number of hydrogen-bond acceptors (Lipinski definition) is 1. The van der Waals surface area contributed by atoms with E-state index in [1.165, 1.54) is 44.2 Å². The van der Waals surface area contributed by atoms with Crippen molar-refractivity contribution in [2.75, 3.05) is 0 Å². The highest BCUT2D eigenvalue weighted by molar-refractivity contribution is 5.34. The lowest BCUT2D eigenvalue weighted by Gasteiger charge is -2.57. The van der Waals surface area contributed by atoms with Crippen LogP contribution in [0.25, 0.3) is 0 Å². The number of hydrogen-bond donors (Lipinski definition) is 1. The van der Waals surface area contributed by atoms with E-state index >= 15 is 0 Å². The Balaban J connectivity index is 1.80. The summed E-state index contributed by atoms with van der Waals surface area (Å²) in [5, 5.41) is 0. The van der Waals surface area contributed by atoms with Gasteiger partial charge in [-0.25, -0.2) is 0 Å². The molecule has 0 aliphatic heterocycles. The maximum absolute atomic E-state index is 12.8. The standard InChI is InChI=1S/C16H20F3N/c17-16(18,19)13-6-4-5-12(9-13)15(20)10-14(11-15)7-2-1-3-8-14/h4-6,9H,1-3,7-8,10-11,20H2. The van der Waals surface area contributed by atoms with E-state index in [0.29, 0.717) is 11.0 Å². The zero-order valence-electron chi connectivity index (χ0n) is 11.5. The Morgan fingerprint density at radius 2 is 1.65 bits per heavy atom. The first-order valence-corrected chi connectivity index (χ1v) is 7.30. The van der Waals surface area contributed by atoms with Crippen LogP contribution >= 0.6 is 0 Å². The molecular formula is C16H20F3N. The fourth-order valence-corrected chi connectivity index (χ4v) is 4.15. The van der Waals surface area contributed by atoms with Crippen molar-refractivity contribution in [1.82, 2.24) is 0 Å². The summed E-state index contributed by atoms with van der Waals surface area (Å²) in [5.41, 5.74) is 6.17. The minimum absolute atomic E-state index is 0.307. The molecule has 3 rings (SSSR count). The van der Waals surface area contributed by atoms with Gasteiger partial charge in [-0.05, 0) is 48.8 Å². The van der Waals surface area contributed by atoms with Crippen molar-refractivity contribution in [3.05, 3.63) is 35.4 Å². The van der Waals surface area contributed by atoms with E-state index in [9.17, 15) is 13.2 Å². The molecule has 2 aliphatic rings. The van der Waals surface area contributed by atoms with Gasteiger partial charge in [-0.1, -0.05) is 31.4 Å². The lowest BCUT2D eigenvalue weighted by Crippen LogP contribution is -2.56. The van der Waals surface area contributed by atoms with Crippen LogP contribution in [0.1, 0.15) is 56.1 Å². The number of benzene rings is 1. The molecule has 1 aromatic carbocycles. The highest BCUT2D eigenvalue weighted by Gasteiger charge is 2.53. The molecule has 0 heterocycles. The molecule has 2 aliphatic carbocycles. The molecule has 0 radical (unpaired) electrons. The lowest BCUT2D eigenvalue weighted by molar-refractivity contribution is -0.137. The molecule has 0 amide bonds. The summed E-state index contributed by atoms with van der Waals surface area (Å²) in [7, 11) is 0. The first-order chi connectivity index (χ1) is 9.33. The summed E-state index contributed by atoms with van der Waals surface area (Å²) >= 11 is 0. The van der Waals surface area contributed by atoms with Gasteiger partial charge >= 0.3 is 6.18 Å². The summed E-state index contributed by atoms with van der Waals surface area (Å²) in [4.78, 5) is 0. The largest absolute Gasteiger partial charge is 0.416 e. The maximum Gasteiger partial charge on any atom is 0.416 e. The fraction of sp³-hybridized carbons (Fsp3) is 0.625. The van der Waals surface area contributed by atoms with Gasteiger partial charge < -0.3 is 5.73 Å². The lowest BCUT2D eigenvalue weighted by atomic mass is 9.51. The predicted octanol–water partition coefficient (Wildman–Crippen LogP) is 4.60. The molecule has 110 valence electrons. The molecule has 0 saturated heterocycles. The quantitative estimate of drug-likeness (QED) is 0.800. The minimum Gasteiger partial charge on any atom is -0.321 e. The normalized spacial score (nSPS) is 24.4. The van der Waals surface area contributed by atoms with E-state index < -0.39 is 17.3 Å². The summed E-state index contributed by atoms with van der Waals surface area (Å²) < 4.78 is 38.4. The Bertz CT molecular complexity index is 493. The van der Waals surface area contributed by atoms with E-state index in [2.05, 4.69) is 0 Å². The molecule has 1 nitrogen and oxygen atoms in total. The van der Waals surface area contributed by atoms with Crippen molar-refractivity contribution in [3.8, 4) is 0 Å². The molecular weight excluding hydrogens is 263 g/mol. The van der Waals surface area contributed by atoms with Gasteiger partial charge in [-0.3, -0.25) is 0 Å². The van der Waals surface area contributed by atoms with Crippen molar-refractivity contribution < 1.29 is 13.2 Å². The Labute approximate surface area is 117 Å². The number of halogens is 3. The van der Waals surface area contributed by atoms with Gasteiger partial charge in [-0.2, -0.15) is 13.2 Å². The zero-order valence-corrected chi connectivity index (χ0v) is 11.5. The van der Waals surface area contributed by atoms with Gasteiger partial charge in [0.05, 0.1) is 5.56 Å². The Kier molecular flexibility index (Phi) is 3.12. The minimum atomic E-state index is -4.29. The smallest absolute Gasteiger partial charge is 0.321 e. The van der Waals surface area contributed by atoms with Gasteiger partial charge in [0.25, 0.3) is 0 Å². The average molecular weight is 283 g/mol. The third-order valence-corrected chi connectivity index (χ3v) is 5.06. The van der Waals surface area contributed by atoms with Crippen molar-refractivity contribution in [2.45, 2.75) is 56.7 Å². The van der Waals surface area contributed by atoms with Gasteiger partial charge in [0.15, 0.2) is 0 Å². The number of alkyl halides is 3. The van der Waals surface area contributed by atoms with Crippen LogP contribution in [0.5, 0.6) is 0 Å². The summed E-state index contributed by atoms with van der Waals surface area (Å²) in [6.45, 7) is 0. The number of rotatable bonds is 1. The van der Waals surface area contributed by atoms with Gasteiger partial charge in [0.1, 0.15) is 0 Å². The molecule has 1 aromatic rings. The molecule has 0 bridgehead atoms. The van der Waals surface area contributed by atoms with Gasteiger partial charge in [-0.15, -0.1) is 0 Å². The SMILES string of the molecule is NC1(c2cccc(C(F)(F)F)c2)CC2(CCCCC2)C1. The summed E-state index contributed by atoms with van der Waals surface area (Å²) in [6, 6.07) is 5.56. The van der Waals surface area contributed by atoms with E-state index in [1.807, 2.05) is 0 Å². The molecule has 2 saturated carbocycles. The second-order valence-corrected chi connectivity index (χ2v) is 6.65. The fourth-order valence-electron chi connectivity index (χ4n) is 4.15. The first-order valence-electron chi connectivity index (χ1n) is 7.30. The maximum atomic E-state index is 12.8. The monoisotopic (exact) mass is 283 g/mol. The second-order valence-electron chi connectivity index (χ2n) is 6.65. The second kappa shape index (κ2) is 4.48. The van der Waals surface area contributed by atoms with Crippen molar-refractivity contribution in [1.29, 1.82) is 0 Å². The molecule has 0 aromatic heterocycles. The van der Waals surface area contributed by atoms with E-state index in [1.54, 1.807) is 6.07 Å². The van der Waals surface area contributed by atoms with Gasteiger partial charge in [0, 0.05) is 5.54 Å². The number of nitrogens with two attached hydrogens (primary N) is 1. The van der Waals surface area contributed by atoms with E-state index in [-0.39, 0.29) is 0 Å². The van der Waals surface area contributed by atoms with Crippen LogP contribution in [-0.2, 0) is 11.7 Å². The average Bonchev–Trinajstić information content (AvgIpc) is 2.37. The van der Waals surface area contributed by atoms with Crippen molar-refractivity contribution in [3.63, 3.8) is 0 Å². The molecule has 0 atom stereocenters. The Morgan fingerprint density at radius 1 is 1.00 bits per heavy atom. The third-order valence-electron chi connectivity index (χ3n) is 5.06. The summed E-state index contributed by atoms with van der Waals surface area (Å²) in [5.74, 6) is 0. The topological polar surface area (TPSA) is 26.0 Å². The molecule has 4 heteroatoms. The van der Waals surface area contributed by atoms with Crippen LogP contribution in [0.3, 0.4) is 0 Å². The predicted molar refractivity (Wildman–Crippen MR) is 72.1 cm³/mol. The van der Waals surface area contributed by atoms with E-state index in [4.69, 9.17) is 5.73 Å². The van der Waals surface area contributed by atoms with Crippen molar-refractivity contribution in [2.24, 2.45) is 11.1 Å². The third kappa shape index (κ3) is 2.34. The molecule has 0 unspecified atom stereocenters.